The van der Waals surface area contributed by atoms with Crippen molar-refractivity contribution in [3.63, 3.8) is 0 Å². The summed E-state index contributed by atoms with van der Waals surface area (Å²) in [6, 6.07) is 12.7. The Hall–Kier alpha value is -4.11. The van der Waals surface area contributed by atoms with Crippen LogP contribution in [0.2, 0.25) is 0 Å². The lowest BCUT2D eigenvalue weighted by atomic mass is 9.78. The number of thiazole rings is 1. The van der Waals surface area contributed by atoms with Gasteiger partial charge in [-0.2, -0.15) is 0 Å². The number of aliphatic carboxylic acids is 1. The van der Waals surface area contributed by atoms with Gasteiger partial charge in [0.2, 0.25) is 0 Å². The molecule has 4 rings (SSSR count). The Kier molecular flexibility index (Phi) is 7.87. The van der Waals surface area contributed by atoms with Crippen LogP contribution in [-0.2, 0) is 10.3 Å². The minimum absolute atomic E-state index is 0.0429. The number of benzene rings is 2. The number of ether oxygens (including phenoxy) is 3. The van der Waals surface area contributed by atoms with Gasteiger partial charge < -0.3 is 19.3 Å². The second-order valence-corrected chi connectivity index (χ2v) is 9.57. The molecular weight excluding hydrogens is 504 g/mol. The van der Waals surface area contributed by atoms with Gasteiger partial charge in [-0.25, -0.2) is 9.79 Å². The van der Waals surface area contributed by atoms with Gasteiger partial charge in [-0.05, 0) is 50.1 Å². The van der Waals surface area contributed by atoms with Crippen molar-refractivity contribution in [2.45, 2.75) is 32.7 Å². The van der Waals surface area contributed by atoms with Crippen molar-refractivity contribution in [1.82, 2.24) is 4.57 Å². The fourth-order valence-corrected chi connectivity index (χ4v) is 5.94. The highest BCUT2D eigenvalue weighted by molar-refractivity contribution is 7.07. The van der Waals surface area contributed by atoms with Gasteiger partial charge in [0.05, 0.1) is 29.5 Å². The number of aromatic nitrogens is 1. The molecule has 0 aliphatic carbocycles. The van der Waals surface area contributed by atoms with E-state index < -0.39 is 11.5 Å². The molecule has 8 nitrogen and oxygen atoms in total. The number of allylic oxidation sites excluding steroid dienone is 1. The van der Waals surface area contributed by atoms with E-state index in [9.17, 15) is 14.7 Å². The average molecular weight is 535 g/mol. The van der Waals surface area contributed by atoms with Crippen molar-refractivity contribution >= 4 is 23.4 Å². The molecule has 2 aromatic carbocycles. The quantitative estimate of drug-likeness (QED) is 0.397. The van der Waals surface area contributed by atoms with Crippen LogP contribution < -0.4 is 29.1 Å². The third kappa shape index (κ3) is 4.54. The zero-order valence-electron chi connectivity index (χ0n) is 21.8. The Morgan fingerprint density at radius 3 is 2.58 bits per heavy atom. The van der Waals surface area contributed by atoms with E-state index in [0.717, 1.165) is 5.56 Å². The van der Waals surface area contributed by atoms with E-state index in [1.165, 1.54) is 15.9 Å². The van der Waals surface area contributed by atoms with E-state index >= 15 is 0 Å². The Balaban J connectivity index is 2.04. The van der Waals surface area contributed by atoms with Crippen molar-refractivity contribution in [2.24, 2.45) is 4.99 Å². The predicted molar refractivity (Wildman–Crippen MR) is 147 cm³/mol. The minimum Gasteiger partial charge on any atom is -0.493 e. The standard InChI is InChI=1S/C29H30N2O6S/c1-6-15-37-21-12-10-9-11-19(21)16-24-26(32)31-28(38-24)30-18(4)25(27(33)34)29(31,7-2)20-13-14-22(35-5)23(17-20)36-8-3/h6,9-14,16-17H,1,7-8,15H2,2-5H3,(H,33,34). The molecule has 9 heteroatoms. The highest BCUT2D eigenvalue weighted by Gasteiger charge is 2.46. The molecule has 0 bridgehead atoms. The number of methoxy groups -OCH3 is 1. The number of carbonyl (C=O) groups is 1. The summed E-state index contributed by atoms with van der Waals surface area (Å²) in [5, 5.41) is 10.4. The monoisotopic (exact) mass is 534 g/mol. The van der Waals surface area contributed by atoms with E-state index in [2.05, 4.69) is 11.6 Å². The average Bonchev–Trinajstić information content (AvgIpc) is 3.21. The first-order chi connectivity index (χ1) is 18.3. The number of fused-ring (bicyclic) bond motifs is 1. The Labute approximate surface area is 224 Å². The fraction of sp³-hybridized carbons (Fsp3) is 0.276. The van der Waals surface area contributed by atoms with Crippen molar-refractivity contribution < 1.29 is 24.1 Å². The summed E-state index contributed by atoms with van der Waals surface area (Å²) < 4.78 is 18.9. The molecule has 38 heavy (non-hydrogen) atoms. The van der Waals surface area contributed by atoms with Gasteiger partial charge in [0.1, 0.15) is 17.9 Å². The normalized spacial score (nSPS) is 17.0. The van der Waals surface area contributed by atoms with Crippen molar-refractivity contribution in [1.29, 1.82) is 0 Å². The van der Waals surface area contributed by atoms with Crippen LogP contribution in [0.25, 0.3) is 6.08 Å². The van der Waals surface area contributed by atoms with Crippen molar-refractivity contribution in [2.75, 3.05) is 20.3 Å². The first-order valence-corrected chi connectivity index (χ1v) is 13.0. The first kappa shape index (κ1) is 26.9. The third-order valence-electron chi connectivity index (χ3n) is 6.46. The summed E-state index contributed by atoms with van der Waals surface area (Å²) in [7, 11) is 1.54. The van der Waals surface area contributed by atoms with Crippen LogP contribution in [0.5, 0.6) is 17.2 Å². The lowest BCUT2D eigenvalue weighted by Gasteiger charge is -2.37. The summed E-state index contributed by atoms with van der Waals surface area (Å²) in [4.78, 5) is 31.7. The van der Waals surface area contributed by atoms with Crippen LogP contribution in [0.15, 0.2) is 76.2 Å². The molecule has 0 amide bonds. The number of carboxylic acid groups (broad SMARTS) is 1. The van der Waals surface area contributed by atoms with Crippen LogP contribution in [0.1, 0.15) is 38.3 Å². The summed E-state index contributed by atoms with van der Waals surface area (Å²) in [6.07, 6.45) is 3.70. The van der Waals surface area contributed by atoms with Crippen LogP contribution >= 0.6 is 11.3 Å². The number of nitrogens with zero attached hydrogens (tertiary/aromatic N) is 2. The third-order valence-corrected chi connectivity index (χ3v) is 7.42. The first-order valence-electron chi connectivity index (χ1n) is 12.2. The lowest BCUT2D eigenvalue weighted by molar-refractivity contribution is -0.133. The predicted octanol–water partition coefficient (Wildman–Crippen LogP) is 3.86. The number of carboxylic acids is 1. The summed E-state index contributed by atoms with van der Waals surface area (Å²) >= 11 is 1.21. The zero-order chi connectivity index (χ0) is 27.4. The SMILES string of the molecule is C=CCOc1ccccc1C=c1sc2n(c1=O)C(CC)(c1ccc(OC)c(OCC)c1)C(C(=O)O)=C(C)N=2. The van der Waals surface area contributed by atoms with Gasteiger partial charge in [-0.3, -0.25) is 9.36 Å². The lowest BCUT2D eigenvalue weighted by Crippen LogP contribution is -2.52. The molecule has 198 valence electrons. The molecule has 0 saturated carbocycles. The summed E-state index contributed by atoms with van der Waals surface area (Å²) in [6.45, 7) is 9.79. The molecule has 1 aliphatic heterocycles. The molecule has 2 heterocycles. The molecule has 1 unspecified atom stereocenters. The zero-order valence-corrected chi connectivity index (χ0v) is 22.6. The Morgan fingerprint density at radius 2 is 1.92 bits per heavy atom. The number of rotatable bonds is 10. The Morgan fingerprint density at radius 1 is 1.16 bits per heavy atom. The van der Waals surface area contributed by atoms with Crippen LogP contribution in [0, 0.1) is 0 Å². The van der Waals surface area contributed by atoms with Crippen LogP contribution in [-0.4, -0.2) is 36.0 Å². The highest BCUT2D eigenvalue weighted by Crippen LogP contribution is 2.42. The smallest absolute Gasteiger partial charge is 0.336 e. The van der Waals surface area contributed by atoms with Gasteiger partial charge in [0.25, 0.3) is 5.56 Å². The molecule has 3 aromatic rings. The molecule has 1 N–H and O–H groups in total. The summed E-state index contributed by atoms with van der Waals surface area (Å²) in [5.41, 5.74) is 0.0484. The van der Waals surface area contributed by atoms with Gasteiger partial charge in [-0.1, -0.05) is 55.2 Å². The fourth-order valence-electron chi connectivity index (χ4n) is 4.86. The van der Waals surface area contributed by atoms with Gasteiger partial charge in [0, 0.05) is 5.56 Å². The molecule has 1 aromatic heterocycles. The van der Waals surface area contributed by atoms with E-state index in [4.69, 9.17) is 14.2 Å². The molecule has 1 atom stereocenters. The van der Waals surface area contributed by atoms with E-state index in [1.807, 2.05) is 38.1 Å². The van der Waals surface area contributed by atoms with E-state index in [-0.39, 0.29) is 11.1 Å². The number of para-hydroxylation sites is 1. The van der Waals surface area contributed by atoms with Crippen LogP contribution in [0.4, 0.5) is 0 Å². The number of hydrogen-bond acceptors (Lipinski definition) is 7. The molecule has 0 radical (unpaired) electrons. The molecule has 0 saturated heterocycles. The second kappa shape index (κ2) is 11.1. The highest BCUT2D eigenvalue weighted by atomic mass is 32.1. The molecule has 1 aliphatic rings. The van der Waals surface area contributed by atoms with E-state index in [1.54, 1.807) is 44.4 Å². The molecular formula is C29H30N2O6S. The molecule has 0 fully saturated rings. The summed E-state index contributed by atoms with van der Waals surface area (Å²) in [5.74, 6) is 0.455. The maximum atomic E-state index is 14.1. The Bertz CT molecular complexity index is 1600. The van der Waals surface area contributed by atoms with Crippen molar-refractivity contribution in [3.05, 3.63) is 97.2 Å². The second-order valence-electron chi connectivity index (χ2n) is 8.56. The maximum absolute atomic E-state index is 14.1. The molecule has 0 spiro atoms. The van der Waals surface area contributed by atoms with Gasteiger partial charge in [-0.15, -0.1) is 0 Å². The van der Waals surface area contributed by atoms with Crippen molar-refractivity contribution in [3.8, 4) is 17.2 Å². The minimum atomic E-state index is -1.32. The van der Waals surface area contributed by atoms with Gasteiger partial charge >= 0.3 is 5.97 Å². The van der Waals surface area contributed by atoms with Crippen LogP contribution in [0.3, 0.4) is 0 Å². The largest absolute Gasteiger partial charge is 0.493 e. The maximum Gasteiger partial charge on any atom is 0.336 e. The topological polar surface area (TPSA) is 99.3 Å². The van der Waals surface area contributed by atoms with E-state index in [0.29, 0.717) is 57.5 Å². The number of hydrogen-bond donors (Lipinski definition) is 1. The van der Waals surface area contributed by atoms with Gasteiger partial charge in [0.15, 0.2) is 16.3 Å².